The second kappa shape index (κ2) is 8.41. The number of methoxy groups -OCH3 is 1. The maximum absolute atomic E-state index is 12.5. The number of carbonyl (C=O) groups excluding carboxylic acids is 1. The second-order valence-electron chi connectivity index (χ2n) is 8.93. The van der Waals surface area contributed by atoms with Crippen LogP contribution in [0.4, 0.5) is 10.5 Å². The molecule has 2 aromatic heterocycles. The molecule has 8 nitrogen and oxygen atoms in total. The minimum Gasteiger partial charge on any atom is -0.452 e. The van der Waals surface area contributed by atoms with E-state index in [1.54, 1.807) is 11.1 Å². The molecule has 32 heavy (non-hydrogen) atoms. The highest BCUT2D eigenvalue weighted by Gasteiger charge is 2.33. The Labute approximate surface area is 192 Å². The molecule has 1 N–H and O–H groups in total. The van der Waals surface area contributed by atoms with Crippen LogP contribution in [0.1, 0.15) is 50.0 Å². The molecule has 2 aliphatic heterocycles. The van der Waals surface area contributed by atoms with E-state index in [2.05, 4.69) is 41.0 Å². The summed E-state index contributed by atoms with van der Waals surface area (Å²) in [6.07, 6.45) is 6.04. The number of hydrogen-bond acceptors (Lipinski definition) is 5. The van der Waals surface area contributed by atoms with Crippen molar-refractivity contribution in [1.29, 1.82) is 0 Å². The van der Waals surface area contributed by atoms with Crippen molar-refractivity contribution < 1.29 is 9.53 Å². The van der Waals surface area contributed by atoms with Gasteiger partial charge in [0, 0.05) is 36.3 Å². The summed E-state index contributed by atoms with van der Waals surface area (Å²) < 4.78 is 9.36. The number of carbonyl (C=O) groups is 1. The standard InChI is InChI=1S/C23H29ClN6O2/c1-14(12-28-13-16(24)10-26-28)22-27-21-18-5-4-15(2)29(23(31)32-3)19(18)6-7-20(21)30(22)17-8-9-25-11-17/h6-7,10,13-15,17,25H,4-5,8-9,11-12H2,1-3H3. The second-order valence-corrected chi connectivity index (χ2v) is 9.36. The van der Waals surface area contributed by atoms with Gasteiger partial charge in [-0.05, 0) is 44.9 Å². The molecule has 1 fully saturated rings. The lowest BCUT2D eigenvalue weighted by Crippen LogP contribution is -2.42. The first kappa shape index (κ1) is 21.3. The Morgan fingerprint density at radius 1 is 1.38 bits per heavy atom. The third kappa shape index (κ3) is 3.55. The molecule has 5 rings (SSSR count). The number of halogens is 1. The number of ether oxygens (including phenoxy) is 1. The zero-order valence-electron chi connectivity index (χ0n) is 18.7. The molecule has 2 aliphatic rings. The predicted octanol–water partition coefficient (Wildman–Crippen LogP) is 4.13. The molecular weight excluding hydrogens is 428 g/mol. The first-order valence-electron chi connectivity index (χ1n) is 11.3. The third-order valence-electron chi connectivity index (χ3n) is 6.76. The minimum absolute atomic E-state index is 0.0940. The van der Waals surface area contributed by atoms with Crippen LogP contribution >= 0.6 is 11.6 Å². The van der Waals surface area contributed by atoms with Crippen molar-refractivity contribution in [3.05, 3.63) is 40.9 Å². The number of nitrogens with one attached hydrogen (secondary N) is 1. The number of imidazole rings is 1. The van der Waals surface area contributed by atoms with E-state index in [4.69, 9.17) is 21.3 Å². The molecule has 1 amide bonds. The molecule has 1 saturated heterocycles. The smallest absolute Gasteiger partial charge is 0.414 e. The number of aromatic nitrogens is 4. The van der Waals surface area contributed by atoms with Gasteiger partial charge in [-0.15, -0.1) is 0 Å². The Kier molecular flexibility index (Phi) is 5.59. The number of hydrogen-bond donors (Lipinski definition) is 1. The Morgan fingerprint density at radius 3 is 2.91 bits per heavy atom. The van der Waals surface area contributed by atoms with Gasteiger partial charge in [0.25, 0.3) is 0 Å². The SMILES string of the molecule is COC(=O)N1c2ccc3c(nc(C(C)Cn4cc(Cl)cn4)n3C3CCNC3)c2CCC1C. The van der Waals surface area contributed by atoms with Crippen LogP contribution in [0.2, 0.25) is 5.02 Å². The fraction of sp³-hybridized carbons (Fsp3) is 0.522. The number of amides is 1. The topological polar surface area (TPSA) is 77.2 Å². The Morgan fingerprint density at radius 2 is 2.22 bits per heavy atom. The summed E-state index contributed by atoms with van der Waals surface area (Å²) in [5.74, 6) is 1.20. The van der Waals surface area contributed by atoms with Crippen LogP contribution in [0.3, 0.4) is 0 Å². The summed E-state index contributed by atoms with van der Waals surface area (Å²) in [5.41, 5.74) is 4.18. The van der Waals surface area contributed by atoms with Crippen LogP contribution in [0, 0.1) is 0 Å². The van der Waals surface area contributed by atoms with Crippen molar-refractivity contribution in [2.24, 2.45) is 0 Å². The molecule has 1 aromatic carbocycles. The van der Waals surface area contributed by atoms with Crippen LogP contribution in [-0.4, -0.2) is 51.7 Å². The minimum atomic E-state index is -0.318. The van der Waals surface area contributed by atoms with Gasteiger partial charge in [-0.2, -0.15) is 5.10 Å². The highest BCUT2D eigenvalue weighted by Crippen LogP contribution is 2.39. The molecule has 0 bridgehead atoms. The van der Waals surface area contributed by atoms with Crippen LogP contribution < -0.4 is 10.2 Å². The lowest BCUT2D eigenvalue weighted by molar-refractivity contribution is 0.175. The van der Waals surface area contributed by atoms with Crippen molar-refractivity contribution in [1.82, 2.24) is 24.6 Å². The van der Waals surface area contributed by atoms with Gasteiger partial charge in [-0.25, -0.2) is 9.78 Å². The Balaban J connectivity index is 1.63. The van der Waals surface area contributed by atoms with E-state index in [9.17, 15) is 4.79 Å². The molecule has 170 valence electrons. The number of fused-ring (bicyclic) bond motifs is 3. The zero-order valence-corrected chi connectivity index (χ0v) is 19.5. The van der Waals surface area contributed by atoms with Crippen molar-refractivity contribution in [2.45, 2.75) is 57.7 Å². The van der Waals surface area contributed by atoms with Gasteiger partial charge >= 0.3 is 6.09 Å². The van der Waals surface area contributed by atoms with E-state index in [1.807, 2.05) is 10.9 Å². The van der Waals surface area contributed by atoms with Crippen LogP contribution in [0.5, 0.6) is 0 Å². The number of nitrogens with zero attached hydrogens (tertiary/aromatic N) is 5. The molecule has 3 unspecified atom stereocenters. The normalized spacial score (nSPS) is 21.7. The molecule has 0 spiro atoms. The summed E-state index contributed by atoms with van der Waals surface area (Å²) in [6.45, 7) is 6.89. The van der Waals surface area contributed by atoms with Crippen molar-refractivity contribution >= 4 is 34.4 Å². The fourth-order valence-corrected chi connectivity index (χ4v) is 5.34. The fourth-order valence-electron chi connectivity index (χ4n) is 5.18. The third-order valence-corrected chi connectivity index (χ3v) is 6.95. The number of aryl methyl sites for hydroxylation is 1. The molecule has 0 saturated carbocycles. The monoisotopic (exact) mass is 456 g/mol. The highest BCUT2D eigenvalue weighted by molar-refractivity contribution is 6.30. The molecule has 9 heteroatoms. The number of rotatable bonds is 4. The molecule has 3 atom stereocenters. The van der Waals surface area contributed by atoms with Crippen LogP contribution in [0.25, 0.3) is 11.0 Å². The van der Waals surface area contributed by atoms with Gasteiger partial charge in [0.1, 0.15) is 5.82 Å². The molecule has 3 aromatic rings. The van der Waals surface area contributed by atoms with E-state index in [-0.39, 0.29) is 18.1 Å². The quantitative estimate of drug-likeness (QED) is 0.638. The Hall–Kier alpha value is -2.58. The Bertz CT molecular complexity index is 1150. The van der Waals surface area contributed by atoms with Crippen LogP contribution in [0.15, 0.2) is 24.5 Å². The van der Waals surface area contributed by atoms with Crippen molar-refractivity contribution in [2.75, 3.05) is 25.1 Å². The van der Waals surface area contributed by atoms with E-state index in [1.165, 1.54) is 7.11 Å². The van der Waals surface area contributed by atoms with Gasteiger partial charge in [0.05, 0.1) is 41.6 Å². The summed E-state index contributed by atoms with van der Waals surface area (Å²) in [6, 6.07) is 4.63. The van der Waals surface area contributed by atoms with E-state index < -0.39 is 0 Å². The number of benzene rings is 1. The largest absolute Gasteiger partial charge is 0.452 e. The van der Waals surface area contributed by atoms with E-state index in [0.29, 0.717) is 17.6 Å². The summed E-state index contributed by atoms with van der Waals surface area (Å²) in [4.78, 5) is 19.5. The van der Waals surface area contributed by atoms with Gasteiger partial charge in [0.2, 0.25) is 0 Å². The average Bonchev–Trinajstić information content (AvgIpc) is 3.52. The van der Waals surface area contributed by atoms with Gasteiger partial charge < -0.3 is 14.6 Å². The predicted molar refractivity (Wildman–Crippen MR) is 125 cm³/mol. The average molecular weight is 457 g/mol. The first-order valence-corrected chi connectivity index (χ1v) is 11.6. The summed E-state index contributed by atoms with van der Waals surface area (Å²) >= 11 is 6.08. The summed E-state index contributed by atoms with van der Waals surface area (Å²) in [5, 5.41) is 8.48. The lowest BCUT2D eigenvalue weighted by Gasteiger charge is -2.34. The lowest BCUT2D eigenvalue weighted by atomic mass is 9.95. The highest BCUT2D eigenvalue weighted by atomic mass is 35.5. The maximum atomic E-state index is 12.5. The maximum Gasteiger partial charge on any atom is 0.414 e. The van der Waals surface area contributed by atoms with Gasteiger partial charge in [-0.3, -0.25) is 9.58 Å². The molecule has 4 heterocycles. The van der Waals surface area contributed by atoms with Gasteiger partial charge in [0.15, 0.2) is 0 Å². The molecule has 0 radical (unpaired) electrons. The van der Waals surface area contributed by atoms with E-state index >= 15 is 0 Å². The van der Waals surface area contributed by atoms with Crippen molar-refractivity contribution in [3.8, 4) is 0 Å². The summed E-state index contributed by atoms with van der Waals surface area (Å²) in [7, 11) is 1.44. The number of anilines is 1. The molecular formula is C23H29ClN6O2. The van der Waals surface area contributed by atoms with Crippen molar-refractivity contribution in [3.63, 3.8) is 0 Å². The van der Waals surface area contributed by atoms with Gasteiger partial charge in [-0.1, -0.05) is 18.5 Å². The van der Waals surface area contributed by atoms with Crippen LogP contribution in [-0.2, 0) is 17.7 Å². The zero-order chi connectivity index (χ0) is 22.4. The first-order chi connectivity index (χ1) is 15.5. The molecule has 0 aliphatic carbocycles. The van der Waals surface area contributed by atoms with E-state index in [0.717, 1.165) is 60.5 Å².